The third-order valence-electron chi connectivity index (χ3n) is 3.53. The number of hydrogen-bond donors (Lipinski definition) is 3. The van der Waals surface area contributed by atoms with E-state index >= 15 is 0 Å². The molecule has 6 nitrogen and oxygen atoms in total. The maximum atomic E-state index is 12.0. The lowest BCUT2D eigenvalue weighted by Gasteiger charge is -2.31. The number of para-hydroxylation sites is 1. The van der Waals surface area contributed by atoms with Gasteiger partial charge in [-0.1, -0.05) is 18.2 Å². The van der Waals surface area contributed by atoms with E-state index in [0.29, 0.717) is 26.1 Å². The first-order chi connectivity index (χ1) is 10.1. The summed E-state index contributed by atoms with van der Waals surface area (Å²) in [6.45, 7) is 1.27. The molecule has 114 valence electrons. The quantitative estimate of drug-likeness (QED) is 0.742. The molecule has 0 saturated carbocycles. The van der Waals surface area contributed by atoms with Crippen LogP contribution in [0.15, 0.2) is 30.3 Å². The van der Waals surface area contributed by atoms with Gasteiger partial charge in [0.1, 0.15) is 0 Å². The molecule has 4 N–H and O–H groups in total. The highest BCUT2D eigenvalue weighted by atomic mass is 16.5. The highest BCUT2D eigenvalue weighted by molar-refractivity contribution is 5.91. The molecule has 2 rings (SSSR count). The van der Waals surface area contributed by atoms with Crippen molar-refractivity contribution in [3.05, 3.63) is 30.3 Å². The van der Waals surface area contributed by atoms with Gasteiger partial charge in [0.2, 0.25) is 11.8 Å². The normalized spacial score (nSPS) is 17.0. The van der Waals surface area contributed by atoms with Gasteiger partial charge in [-0.05, 0) is 25.0 Å². The molecular formula is C15H21N3O3. The average molecular weight is 291 g/mol. The van der Waals surface area contributed by atoms with Crippen LogP contribution in [0.5, 0.6) is 0 Å². The van der Waals surface area contributed by atoms with Crippen molar-refractivity contribution in [3.63, 3.8) is 0 Å². The number of rotatable bonds is 5. The number of ether oxygens (including phenoxy) is 1. The van der Waals surface area contributed by atoms with E-state index in [1.807, 2.05) is 30.3 Å². The van der Waals surface area contributed by atoms with Gasteiger partial charge in [-0.15, -0.1) is 0 Å². The number of hydrogen-bond acceptors (Lipinski definition) is 4. The molecule has 0 bridgehead atoms. The highest BCUT2D eigenvalue weighted by Gasteiger charge is 2.35. The van der Waals surface area contributed by atoms with Gasteiger partial charge >= 0.3 is 0 Å². The Morgan fingerprint density at radius 1 is 1.19 bits per heavy atom. The van der Waals surface area contributed by atoms with Crippen molar-refractivity contribution >= 4 is 17.5 Å². The lowest BCUT2D eigenvalue weighted by molar-refractivity contribution is -0.129. The van der Waals surface area contributed by atoms with Crippen molar-refractivity contribution in [2.75, 3.05) is 25.1 Å². The average Bonchev–Trinajstić information content (AvgIpc) is 2.49. The molecule has 0 spiro atoms. The molecule has 1 aromatic carbocycles. The number of nitrogens with one attached hydrogen (secondary N) is 2. The molecule has 1 aliphatic rings. The summed E-state index contributed by atoms with van der Waals surface area (Å²) in [5.41, 5.74) is 5.93. The van der Waals surface area contributed by atoms with Gasteiger partial charge < -0.3 is 21.1 Å². The predicted molar refractivity (Wildman–Crippen MR) is 79.7 cm³/mol. The molecule has 0 radical (unpaired) electrons. The molecular weight excluding hydrogens is 270 g/mol. The van der Waals surface area contributed by atoms with E-state index in [0.717, 1.165) is 5.69 Å². The second-order valence-corrected chi connectivity index (χ2v) is 5.19. The Morgan fingerprint density at radius 3 is 2.52 bits per heavy atom. The molecule has 6 heteroatoms. The van der Waals surface area contributed by atoms with Gasteiger partial charge in [-0.25, -0.2) is 0 Å². The predicted octanol–water partition coefficient (Wildman–Crippen LogP) is 0.639. The van der Waals surface area contributed by atoms with Crippen molar-refractivity contribution in [1.82, 2.24) is 5.32 Å². The minimum atomic E-state index is -0.867. The topological polar surface area (TPSA) is 93.5 Å². The number of nitrogens with two attached hydrogens (primary N) is 1. The fraction of sp³-hybridized carbons (Fsp3) is 0.467. The Morgan fingerprint density at radius 2 is 1.86 bits per heavy atom. The fourth-order valence-corrected chi connectivity index (χ4v) is 2.17. The lowest BCUT2D eigenvalue weighted by Crippen LogP contribution is -2.57. The van der Waals surface area contributed by atoms with Crippen LogP contribution >= 0.6 is 0 Å². The van der Waals surface area contributed by atoms with E-state index in [4.69, 9.17) is 10.5 Å². The Kier molecular flexibility index (Phi) is 5.30. The van der Waals surface area contributed by atoms with Gasteiger partial charge in [0.15, 0.2) is 0 Å². The Balaban J connectivity index is 1.71. The second-order valence-electron chi connectivity index (χ2n) is 5.19. The molecule has 0 unspecified atom stereocenters. The van der Waals surface area contributed by atoms with E-state index in [1.54, 1.807) is 0 Å². The Bertz CT molecular complexity index is 484. The van der Waals surface area contributed by atoms with E-state index in [1.165, 1.54) is 0 Å². The fourth-order valence-electron chi connectivity index (χ4n) is 2.17. The number of amides is 2. The van der Waals surface area contributed by atoms with Crippen molar-refractivity contribution in [2.45, 2.75) is 24.8 Å². The molecule has 21 heavy (non-hydrogen) atoms. The van der Waals surface area contributed by atoms with Crippen LogP contribution in [0.1, 0.15) is 19.3 Å². The van der Waals surface area contributed by atoms with E-state index in [9.17, 15) is 9.59 Å². The van der Waals surface area contributed by atoms with Crippen LogP contribution in [0.2, 0.25) is 0 Å². The summed E-state index contributed by atoms with van der Waals surface area (Å²) in [6.07, 6.45) is 1.23. The maximum absolute atomic E-state index is 12.0. The third kappa shape index (κ3) is 4.54. The van der Waals surface area contributed by atoms with Crippen molar-refractivity contribution in [2.24, 2.45) is 5.73 Å². The first-order valence-corrected chi connectivity index (χ1v) is 7.10. The van der Waals surface area contributed by atoms with Crippen molar-refractivity contribution < 1.29 is 14.3 Å². The molecule has 2 amide bonds. The minimum Gasteiger partial charge on any atom is -0.381 e. The lowest BCUT2D eigenvalue weighted by atomic mass is 9.90. The van der Waals surface area contributed by atoms with Crippen LogP contribution in [0.4, 0.5) is 5.69 Å². The summed E-state index contributed by atoms with van der Waals surface area (Å²) in [5.74, 6) is -0.349. The van der Waals surface area contributed by atoms with Crippen LogP contribution < -0.4 is 16.4 Å². The largest absolute Gasteiger partial charge is 0.381 e. The first-order valence-electron chi connectivity index (χ1n) is 7.10. The number of benzene rings is 1. The van der Waals surface area contributed by atoms with E-state index in [2.05, 4.69) is 10.6 Å². The third-order valence-corrected chi connectivity index (χ3v) is 3.53. The van der Waals surface area contributed by atoms with Gasteiger partial charge in [-0.2, -0.15) is 0 Å². The van der Waals surface area contributed by atoms with Gasteiger partial charge in [0, 0.05) is 31.9 Å². The zero-order valence-corrected chi connectivity index (χ0v) is 11.9. The molecule has 1 fully saturated rings. The molecule has 1 aromatic rings. The van der Waals surface area contributed by atoms with Gasteiger partial charge in [-0.3, -0.25) is 9.59 Å². The van der Waals surface area contributed by atoms with Crippen molar-refractivity contribution in [1.29, 1.82) is 0 Å². The molecule has 0 aromatic heterocycles. The molecule has 1 saturated heterocycles. The zero-order chi connectivity index (χ0) is 15.1. The first kappa shape index (κ1) is 15.5. The number of carbonyl (C=O) groups is 2. The Labute approximate surface area is 124 Å². The van der Waals surface area contributed by atoms with Crippen LogP contribution in [0, 0.1) is 0 Å². The van der Waals surface area contributed by atoms with E-state index < -0.39 is 5.54 Å². The number of carbonyl (C=O) groups excluding carboxylic acids is 2. The van der Waals surface area contributed by atoms with Crippen LogP contribution in [0.25, 0.3) is 0 Å². The molecule has 1 aliphatic heterocycles. The van der Waals surface area contributed by atoms with Gasteiger partial charge in [0.25, 0.3) is 0 Å². The summed E-state index contributed by atoms with van der Waals surface area (Å²) in [4.78, 5) is 23.8. The summed E-state index contributed by atoms with van der Waals surface area (Å²) in [7, 11) is 0. The molecule has 1 heterocycles. The van der Waals surface area contributed by atoms with Crippen LogP contribution in [-0.2, 0) is 14.3 Å². The minimum absolute atomic E-state index is 0.139. The van der Waals surface area contributed by atoms with E-state index in [-0.39, 0.29) is 24.8 Å². The zero-order valence-electron chi connectivity index (χ0n) is 11.9. The Hall–Kier alpha value is -1.92. The molecule has 0 aliphatic carbocycles. The highest BCUT2D eigenvalue weighted by Crippen LogP contribution is 2.17. The van der Waals surface area contributed by atoms with Crippen LogP contribution in [0.3, 0.4) is 0 Å². The second kappa shape index (κ2) is 7.19. The number of anilines is 1. The SMILES string of the molecule is NC1(C(=O)NCCC(=O)Nc2ccccc2)CCOCC1. The molecule has 0 atom stereocenters. The van der Waals surface area contributed by atoms with Crippen molar-refractivity contribution in [3.8, 4) is 0 Å². The standard InChI is InChI=1S/C15H21N3O3/c16-15(7-10-21-11-8-15)14(20)17-9-6-13(19)18-12-4-2-1-3-5-12/h1-5H,6-11,16H2,(H,17,20)(H,18,19). The summed E-state index contributed by atoms with van der Waals surface area (Å²) in [6, 6.07) is 9.20. The summed E-state index contributed by atoms with van der Waals surface area (Å²) < 4.78 is 5.20. The maximum Gasteiger partial charge on any atom is 0.240 e. The summed E-state index contributed by atoms with van der Waals surface area (Å²) >= 11 is 0. The smallest absolute Gasteiger partial charge is 0.240 e. The summed E-state index contributed by atoms with van der Waals surface area (Å²) in [5, 5.41) is 5.49. The van der Waals surface area contributed by atoms with Gasteiger partial charge in [0.05, 0.1) is 5.54 Å². The van der Waals surface area contributed by atoms with Crippen LogP contribution in [-0.4, -0.2) is 37.1 Å². The monoisotopic (exact) mass is 291 g/mol.